The highest BCUT2D eigenvalue weighted by Crippen LogP contribution is 2.22. The quantitative estimate of drug-likeness (QED) is 0.689. The molecular weight excluding hydrogens is 260 g/mol. The number of amides is 2. The summed E-state index contributed by atoms with van der Waals surface area (Å²) < 4.78 is 5.29. The van der Waals surface area contributed by atoms with Crippen LogP contribution in [0.15, 0.2) is 0 Å². The van der Waals surface area contributed by atoms with Gasteiger partial charge < -0.3 is 19.6 Å². The first-order valence-electron chi connectivity index (χ1n) is 7.41. The predicted octanol–water partition coefficient (Wildman–Crippen LogP) is 1.65. The molecule has 1 fully saturated rings. The number of rotatable bonds is 8. The van der Waals surface area contributed by atoms with Crippen LogP contribution < -0.4 is 0 Å². The van der Waals surface area contributed by atoms with Gasteiger partial charge in [0.2, 0.25) is 0 Å². The molecule has 1 unspecified atom stereocenters. The Morgan fingerprint density at radius 2 is 2.15 bits per heavy atom. The van der Waals surface area contributed by atoms with Crippen LogP contribution in [0.3, 0.4) is 0 Å². The largest absolute Gasteiger partial charge is 0.481 e. The summed E-state index contributed by atoms with van der Waals surface area (Å²) in [4.78, 5) is 26.5. The van der Waals surface area contributed by atoms with E-state index in [2.05, 4.69) is 0 Å². The number of carbonyl (C=O) groups excluding carboxylic acids is 1. The first-order chi connectivity index (χ1) is 9.58. The molecule has 20 heavy (non-hydrogen) atoms. The maximum atomic E-state index is 12.3. The van der Waals surface area contributed by atoms with Crippen LogP contribution in [0, 0.1) is 5.92 Å². The number of carboxylic acids is 1. The third-order valence-electron chi connectivity index (χ3n) is 3.68. The lowest BCUT2D eigenvalue weighted by Crippen LogP contribution is -2.43. The van der Waals surface area contributed by atoms with Crippen molar-refractivity contribution in [1.82, 2.24) is 9.80 Å². The number of likely N-dealkylation sites (tertiary alicyclic amines) is 1. The lowest BCUT2D eigenvalue weighted by molar-refractivity contribution is -0.137. The molecular formula is C14H26N2O4. The van der Waals surface area contributed by atoms with E-state index in [0.29, 0.717) is 45.2 Å². The van der Waals surface area contributed by atoms with Gasteiger partial charge in [0.1, 0.15) is 0 Å². The third kappa shape index (κ3) is 5.36. The van der Waals surface area contributed by atoms with Crippen molar-refractivity contribution in [3.8, 4) is 0 Å². The van der Waals surface area contributed by atoms with Crippen molar-refractivity contribution in [2.24, 2.45) is 5.92 Å². The highest BCUT2D eigenvalue weighted by atomic mass is 16.5. The van der Waals surface area contributed by atoms with Crippen LogP contribution in [0.2, 0.25) is 0 Å². The highest BCUT2D eigenvalue weighted by molar-refractivity contribution is 5.74. The average Bonchev–Trinajstić information content (AvgIpc) is 2.89. The van der Waals surface area contributed by atoms with Crippen molar-refractivity contribution in [3.63, 3.8) is 0 Å². The van der Waals surface area contributed by atoms with Crippen molar-refractivity contribution in [3.05, 3.63) is 0 Å². The first-order valence-corrected chi connectivity index (χ1v) is 7.41. The number of carboxylic acid groups (broad SMARTS) is 1. The van der Waals surface area contributed by atoms with Gasteiger partial charge in [-0.05, 0) is 32.6 Å². The van der Waals surface area contributed by atoms with Gasteiger partial charge in [-0.3, -0.25) is 4.79 Å². The zero-order valence-electron chi connectivity index (χ0n) is 12.5. The van der Waals surface area contributed by atoms with Gasteiger partial charge in [0.05, 0.1) is 6.61 Å². The second-order valence-corrected chi connectivity index (χ2v) is 5.09. The molecule has 1 aliphatic rings. The van der Waals surface area contributed by atoms with E-state index < -0.39 is 5.97 Å². The minimum atomic E-state index is -0.762. The third-order valence-corrected chi connectivity index (χ3v) is 3.68. The molecule has 0 radical (unpaired) electrons. The monoisotopic (exact) mass is 286 g/mol. The molecule has 116 valence electrons. The second-order valence-electron chi connectivity index (χ2n) is 5.09. The molecule has 2 amide bonds. The van der Waals surface area contributed by atoms with E-state index in [1.54, 1.807) is 4.90 Å². The minimum Gasteiger partial charge on any atom is -0.481 e. The molecule has 1 aliphatic heterocycles. The molecule has 1 saturated heterocycles. The van der Waals surface area contributed by atoms with E-state index >= 15 is 0 Å². The summed E-state index contributed by atoms with van der Waals surface area (Å²) in [5.74, 6) is -0.442. The zero-order valence-corrected chi connectivity index (χ0v) is 12.5. The van der Waals surface area contributed by atoms with E-state index in [9.17, 15) is 9.59 Å². The standard InChI is InChI=1S/C14H26N2O4/c1-3-15(9-10-20-4-2)14(19)16-8-7-12(11-16)5-6-13(17)18/h12H,3-11H2,1-2H3,(H,17,18). The van der Waals surface area contributed by atoms with Gasteiger partial charge in [0.25, 0.3) is 0 Å². The van der Waals surface area contributed by atoms with Crippen LogP contribution >= 0.6 is 0 Å². The lowest BCUT2D eigenvalue weighted by atomic mass is 10.0. The number of likely N-dealkylation sites (N-methyl/N-ethyl adjacent to an activating group) is 1. The molecule has 0 bridgehead atoms. The van der Waals surface area contributed by atoms with Crippen LogP contribution in [0.1, 0.15) is 33.1 Å². The first kappa shape index (κ1) is 16.8. The Morgan fingerprint density at radius 3 is 2.75 bits per heavy atom. The number of carbonyl (C=O) groups is 2. The summed E-state index contributed by atoms with van der Waals surface area (Å²) in [5, 5.41) is 8.69. The summed E-state index contributed by atoms with van der Waals surface area (Å²) in [6, 6.07) is 0.0463. The Labute approximate surface area is 120 Å². The van der Waals surface area contributed by atoms with Crippen LogP contribution in [0.25, 0.3) is 0 Å². The Hall–Kier alpha value is -1.30. The molecule has 6 nitrogen and oxygen atoms in total. The van der Waals surface area contributed by atoms with Crippen LogP contribution in [0.4, 0.5) is 4.79 Å². The maximum Gasteiger partial charge on any atom is 0.320 e. The van der Waals surface area contributed by atoms with Gasteiger partial charge in [-0.2, -0.15) is 0 Å². The highest BCUT2D eigenvalue weighted by Gasteiger charge is 2.28. The van der Waals surface area contributed by atoms with Crippen LogP contribution in [-0.2, 0) is 9.53 Å². The molecule has 0 saturated carbocycles. The van der Waals surface area contributed by atoms with Gasteiger partial charge in [-0.15, -0.1) is 0 Å². The Kier molecular flexibility index (Phi) is 7.36. The van der Waals surface area contributed by atoms with Gasteiger partial charge in [-0.1, -0.05) is 0 Å². The molecule has 0 aromatic heterocycles. The smallest absolute Gasteiger partial charge is 0.320 e. The number of ether oxygens (including phenoxy) is 1. The summed E-state index contributed by atoms with van der Waals surface area (Å²) in [6.45, 7) is 7.81. The van der Waals surface area contributed by atoms with E-state index in [4.69, 9.17) is 9.84 Å². The normalized spacial score (nSPS) is 18.3. The molecule has 1 rings (SSSR count). The topological polar surface area (TPSA) is 70.1 Å². The lowest BCUT2D eigenvalue weighted by Gasteiger charge is -2.27. The number of aliphatic carboxylic acids is 1. The molecule has 6 heteroatoms. The molecule has 0 aliphatic carbocycles. The number of hydrogen-bond acceptors (Lipinski definition) is 3. The van der Waals surface area contributed by atoms with Crippen molar-refractivity contribution in [1.29, 1.82) is 0 Å². The summed E-state index contributed by atoms with van der Waals surface area (Å²) in [6.07, 6.45) is 1.75. The van der Waals surface area contributed by atoms with E-state index in [-0.39, 0.29) is 12.5 Å². The number of hydrogen-bond donors (Lipinski definition) is 1. The van der Waals surface area contributed by atoms with Crippen molar-refractivity contribution in [2.45, 2.75) is 33.1 Å². The molecule has 0 aromatic carbocycles. The second kappa shape index (κ2) is 8.79. The van der Waals surface area contributed by atoms with Crippen LogP contribution in [-0.4, -0.2) is 66.3 Å². The molecule has 0 aromatic rings. The fourth-order valence-corrected chi connectivity index (χ4v) is 2.48. The minimum absolute atomic E-state index is 0.0463. The van der Waals surface area contributed by atoms with Crippen LogP contribution in [0.5, 0.6) is 0 Å². The Balaban J connectivity index is 2.37. The fraction of sp³-hybridized carbons (Fsp3) is 0.857. The van der Waals surface area contributed by atoms with E-state index in [1.165, 1.54) is 0 Å². The number of nitrogens with zero attached hydrogens (tertiary/aromatic N) is 2. The molecule has 1 heterocycles. The number of urea groups is 1. The van der Waals surface area contributed by atoms with Crippen molar-refractivity contribution >= 4 is 12.0 Å². The van der Waals surface area contributed by atoms with Crippen molar-refractivity contribution in [2.75, 3.05) is 39.4 Å². The molecule has 1 N–H and O–H groups in total. The predicted molar refractivity (Wildman–Crippen MR) is 75.7 cm³/mol. The van der Waals surface area contributed by atoms with Gasteiger partial charge in [0.15, 0.2) is 0 Å². The molecule has 1 atom stereocenters. The summed E-state index contributed by atoms with van der Waals surface area (Å²) in [7, 11) is 0. The zero-order chi connectivity index (χ0) is 15.0. The van der Waals surface area contributed by atoms with Gasteiger partial charge in [-0.25, -0.2) is 4.79 Å². The van der Waals surface area contributed by atoms with E-state index in [1.807, 2.05) is 18.7 Å². The Morgan fingerprint density at radius 1 is 1.40 bits per heavy atom. The van der Waals surface area contributed by atoms with Gasteiger partial charge >= 0.3 is 12.0 Å². The van der Waals surface area contributed by atoms with Crippen molar-refractivity contribution < 1.29 is 19.4 Å². The average molecular weight is 286 g/mol. The van der Waals surface area contributed by atoms with Gasteiger partial charge in [0, 0.05) is 39.2 Å². The maximum absolute atomic E-state index is 12.3. The SMILES string of the molecule is CCOCCN(CC)C(=O)N1CCC(CCC(=O)O)C1. The summed E-state index contributed by atoms with van der Waals surface area (Å²) >= 11 is 0. The fourth-order valence-electron chi connectivity index (χ4n) is 2.48. The molecule has 0 spiro atoms. The van der Waals surface area contributed by atoms with E-state index in [0.717, 1.165) is 13.0 Å². The summed E-state index contributed by atoms with van der Waals surface area (Å²) in [5.41, 5.74) is 0. The Bertz CT molecular complexity index is 322.